The SMILES string of the molecule is CC1CCC(O)(c2ccc(F)cc2)CC1. The van der Waals surface area contributed by atoms with Crippen molar-refractivity contribution in [2.24, 2.45) is 5.92 Å². The van der Waals surface area contributed by atoms with Gasteiger partial charge >= 0.3 is 0 Å². The van der Waals surface area contributed by atoms with Crippen LogP contribution in [-0.4, -0.2) is 5.11 Å². The maximum Gasteiger partial charge on any atom is 0.123 e. The van der Waals surface area contributed by atoms with Gasteiger partial charge in [0.2, 0.25) is 0 Å². The highest BCUT2D eigenvalue weighted by Gasteiger charge is 2.33. The van der Waals surface area contributed by atoms with Crippen LogP contribution in [0.2, 0.25) is 0 Å². The van der Waals surface area contributed by atoms with E-state index in [4.69, 9.17) is 0 Å². The number of halogens is 1. The molecule has 0 radical (unpaired) electrons. The molecule has 0 aliphatic heterocycles. The topological polar surface area (TPSA) is 20.2 Å². The summed E-state index contributed by atoms with van der Waals surface area (Å²) in [5.41, 5.74) is 0.135. The smallest absolute Gasteiger partial charge is 0.123 e. The molecule has 0 saturated heterocycles. The van der Waals surface area contributed by atoms with Crippen molar-refractivity contribution in [2.45, 2.75) is 38.2 Å². The molecule has 0 aromatic heterocycles. The number of hydrogen-bond acceptors (Lipinski definition) is 1. The zero-order chi connectivity index (χ0) is 10.9. The van der Waals surface area contributed by atoms with Crippen molar-refractivity contribution in [1.82, 2.24) is 0 Å². The van der Waals surface area contributed by atoms with E-state index >= 15 is 0 Å². The molecule has 1 nitrogen and oxygen atoms in total. The maximum absolute atomic E-state index is 12.8. The second-order valence-corrected chi connectivity index (χ2v) is 4.72. The summed E-state index contributed by atoms with van der Waals surface area (Å²) in [6.45, 7) is 2.21. The molecule has 0 amide bonds. The van der Waals surface area contributed by atoms with Crippen LogP contribution in [0.5, 0.6) is 0 Å². The third-order valence-electron chi connectivity index (χ3n) is 3.48. The Kier molecular flexibility index (Phi) is 2.79. The normalized spacial score (nSPS) is 31.5. The highest BCUT2D eigenvalue weighted by molar-refractivity contribution is 5.23. The molecular formula is C13H17FO. The first-order valence-electron chi connectivity index (χ1n) is 5.58. The highest BCUT2D eigenvalue weighted by atomic mass is 19.1. The number of aliphatic hydroxyl groups is 1. The standard InChI is InChI=1S/C13H17FO/c1-10-6-8-13(15,9-7-10)11-2-4-12(14)5-3-11/h2-5,10,15H,6-9H2,1H3. The van der Waals surface area contributed by atoms with Gasteiger partial charge in [-0.05, 0) is 49.3 Å². The van der Waals surface area contributed by atoms with Crippen molar-refractivity contribution in [2.75, 3.05) is 0 Å². The van der Waals surface area contributed by atoms with Crippen LogP contribution in [0.25, 0.3) is 0 Å². The summed E-state index contributed by atoms with van der Waals surface area (Å²) in [7, 11) is 0. The molecule has 0 unspecified atom stereocenters. The minimum Gasteiger partial charge on any atom is -0.385 e. The van der Waals surface area contributed by atoms with Crippen LogP contribution in [0.3, 0.4) is 0 Å². The van der Waals surface area contributed by atoms with Crippen LogP contribution in [0.15, 0.2) is 24.3 Å². The van der Waals surface area contributed by atoms with E-state index in [2.05, 4.69) is 6.92 Å². The molecule has 0 bridgehead atoms. The Bertz CT molecular complexity index is 323. The summed E-state index contributed by atoms with van der Waals surface area (Å²) in [6.07, 6.45) is 3.68. The Morgan fingerprint density at radius 3 is 2.27 bits per heavy atom. The predicted molar refractivity (Wildman–Crippen MR) is 57.9 cm³/mol. The van der Waals surface area contributed by atoms with E-state index in [0.29, 0.717) is 5.92 Å². The molecule has 0 heterocycles. The average Bonchev–Trinajstić information content (AvgIpc) is 2.24. The van der Waals surface area contributed by atoms with Crippen molar-refractivity contribution in [1.29, 1.82) is 0 Å². The van der Waals surface area contributed by atoms with Crippen LogP contribution >= 0.6 is 0 Å². The van der Waals surface area contributed by atoms with Crippen molar-refractivity contribution in [3.63, 3.8) is 0 Å². The van der Waals surface area contributed by atoms with E-state index < -0.39 is 5.60 Å². The Labute approximate surface area is 89.9 Å². The molecule has 2 rings (SSSR count). The molecule has 1 aromatic carbocycles. The second kappa shape index (κ2) is 3.93. The van der Waals surface area contributed by atoms with Gasteiger partial charge in [0.1, 0.15) is 5.82 Å². The first-order chi connectivity index (χ1) is 7.10. The molecule has 15 heavy (non-hydrogen) atoms. The minimum absolute atomic E-state index is 0.244. The zero-order valence-electron chi connectivity index (χ0n) is 9.04. The molecule has 1 fully saturated rings. The van der Waals surface area contributed by atoms with Crippen LogP contribution < -0.4 is 0 Å². The first-order valence-corrected chi connectivity index (χ1v) is 5.58. The lowest BCUT2D eigenvalue weighted by molar-refractivity contribution is -0.0120. The quantitative estimate of drug-likeness (QED) is 0.751. The van der Waals surface area contributed by atoms with Gasteiger partial charge in [-0.2, -0.15) is 0 Å². The summed E-state index contributed by atoms with van der Waals surface area (Å²) in [5, 5.41) is 10.4. The molecule has 1 N–H and O–H groups in total. The number of rotatable bonds is 1. The van der Waals surface area contributed by atoms with E-state index in [0.717, 1.165) is 31.2 Å². The molecule has 1 aliphatic carbocycles. The summed E-state index contributed by atoms with van der Waals surface area (Å²) < 4.78 is 12.8. The lowest BCUT2D eigenvalue weighted by Gasteiger charge is -2.35. The zero-order valence-corrected chi connectivity index (χ0v) is 9.04. The van der Waals surface area contributed by atoms with Gasteiger partial charge < -0.3 is 5.11 Å². The number of hydrogen-bond donors (Lipinski definition) is 1. The van der Waals surface area contributed by atoms with Gasteiger partial charge in [0, 0.05) is 0 Å². The van der Waals surface area contributed by atoms with Crippen molar-refractivity contribution in [3.8, 4) is 0 Å². The summed E-state index contributed by atoms with van der Waals surface area (Å²) in [4.78, 5) is 0. The third kappa shape index (κ3) is 2.20. The largest absolute Gasteiger partial charge is 0.385 e. The van der Waals surface area contributed by atoms with E-state index in [9.17, 15) is 9.50 Å². The van der Waals surface area contributed by atoms with Gasteiger partial charge in [-0.15, -0.1) is 0 Å². The third-order valence-corrected chi connectivity index (χ3v) is 3.48. The summed E-state index contributed by atoms with van der Waals surface area (Å²) in [6, 6.07) is 6.24. The van der Waals surface area contributed by atoms with Gasteiger partial charge in [0.15, 0.2) is 0 Å². The molecule has 1 aromatic rings. The van der Waals surface area contributed by atoms with Crippen LogP contribution in [0.4, 0.5) is 4.39 Å². The highest BCUT2D eigenvalue weighted by Crippen LogP contribution is 2.39. The Morgan fingerprint density at radius 2 is 1.73 bits per heavy atom. The molecule has 1 saturated carbocycles. The predicted octanol–water partition coefficient (Wildman–Crippen LogP) is 3.22. The fourth-order valence-corrected chi connectivity index (χ4v) is 2.29. The van der Waals surface area contributed by atoms with Crippen LogP contribution in [0, 0.1) is 11.7 Å². The average molecular weight is 208 g/mol. The van der Waals surface area contributed by atoms with Gasteiger partial charge in [-0.25, -0.2) is 4.39 Å². The first kappa shape index (κ1) is 10.6. The maximum atomic E-state index is 12.8. The summed E-state index contributed by atoms with van der Waals surface area (Å²) in [5.74, 6) is 0.456. The fourth-order valence-electron chi connectivity index (χ4n) is 2.29. The van der Waals surface area contributed by atoms with Crippen LogP contribution in [-0.2, 0) is 5.60 Å². The fraction of sp³-hybridized carbons (Fsp3) is 0.538. The molecule has 1 aliphatic rings. The lowest BCUT2D eigenvalue weighted by atomic mass is 9.76. The molecule has 0 atom stereocenters. The van der Waals surface area contributed by atoms with Crippen LogP contribution in [0.1, 0.15) is 38.2 Å². The van der Waals surface area contributed by atoms with Gasteiger partial charge in [0.05, 0.1) is 5.60 Å². The van der Waals surface area contributed by atoms with Crippen molar-refractivity contribution < 1.29 is 9.50 Å². The van der Waals surface area contributed by atoms with Crippen molar-refractivity contribution in [3.05, 3.63) is 35.6 Å². The Morgan fingerprint density at radius 1 is 1.20 bits per heavy atom. The van der Waals surface area contributed by atoms with Gasteiger partial charge in [-0.1, -0.05) is 19.1 Å². The van der Waals surface area contributed by atoms with Gasteiger partial charge in [-0.3, -0.25) is 0 Å². The minimum atomic E-state index is -0.722. The molecule has 0 spiro atoms. The van der Waals surface area contributed by atoms with Gasteiger partial charge in [0.25, 0.3) is 0 Å². The Hall–Kier alpha value is -0.890. The second-order valence-electron chi connectivity index (χ2n) is 4.72. The molecule has 82 valence electrons. The van der Waals surface area contributed by atoms with E-state index in [-0.39, 0.29) is 5.82 Å². The van der Waals surface area contributed by atoms with E-state index in [1.807, 2.05) is 0 Å². The summed E-state index contributed by atoms with van der Waals surface area (Å²) >= 11 is 0. The van der Waals surface area contributed by atoms with E-state index in [1.165, 1.54) is 12.1 Å². The molecule has 2 heteroatoms. The molecular weight excluding hydrogens is 191 g/mol. The van der Waals surface area contributed by atoms with Crippen molar-refractivity contribution >= 4 is 0 Å². The Balaban J connectivity index is 2.18. The van der Waals surface area contributed by atoms with E-state index in [1.54, 1.807) is 12.1 Å². The number of benzene rings is 1. The lowest BCUT2D eigenvalue weighted by Crippen LogP contribution is -2.30. The monoisotopic (exact) mass is 208 g/mol.